The van der Waals surface area contributed by atoms with Crippen molar-refractivity contribution in [1.29, 1.82) is 0 Å². The van der Waals surface area contributed by atoms with Gasteiger partial charge in [-0.05, 0) is 27.2 Å². The Labute approximate surface area is 185 Å². The van der Waals surface area contributed by atoms with Crippen molar-refractivity contribution < 1.29 is 14.3 Å². The normalized spacial score (nSPS) is 24.0. The lowest BCUT2D eigenvalue weighted by molar-refractivity contribution is 0.0317. The molecule has 166 valence electrons. The average Bonchev–Trinajstić information content (AvgIpc) is 3.12. The molecule has 4 heterocycles. The monoisotopic (exact) mass is 444 g/mol. The molecule has 2 aliphatic heterocycles. The van der Waals surface area contributed by atoms with Gasteiger partial charge in [0.15, 0.2) is 5.84 Å². The molecule has 0 saturated carbocycles. The fourth-order valence-corrected chi connectivity index (χ4v) is 4.25. The Hall–Kier alpha value is -2.59. The summed E-state index contributed by atoms with van der Waals surface area (Å²) >= 11 is 1.58. The molecule has 1 fully saturated rings. The number of nitrogens with one attached hydrogen (secondary N) is 2. The van der Waals surface area contributed by atoms with Crippen molar-refractivity contribution >= 4 is 45.6 Å². The number of anilines is 1. The number of ether oxygens (including phenoxy) is 2. The number of rotatable bonds is 4. The number of amidine groups is 1. The van der Waals surface area contributed by atoms with E-state index in [1.54, 1.807) is 11.3 Å². The SMILES string of the molecule is CC1C=NC(c2csc3cnc(N[C@@H]4CCOC[C@@H]4NC(=O)OC(C)(C)C)nc23)=NC1. The highest BCUT2D eigenvalue weighted by Gasteiger charge is 2.30. The second-order valence-electron chi connectivity index (χ2n) is 8.84. The highest BCUT2D eigenvalue weighted by molar-refractivity contribution is 7.17. The molecule has 31 heavy (non-hydrogen) atoms. The molecular weight excluding hydrogens is 416 g/mol. The molecule has 1 saturated heterocycles. The van der Waals surface area contributed by atoms with E-state index in [1.165, 1.54) is 0 Å². The number of carbonyl (C=O) groups is 1. The first-order valence-electron chi connectivity index (χ1n) is 10.5. The average molecular weight is 445 g/mol. The molecule has 2 aromatic heterocycles. The molecule has 1 amide bonds. The minimum atomic E-state index is -0.561. The summed E-state index contributed by atoms with van der Waals surface area (Å²) in [5, 5.41) is 8.30. The van der Waals surface area contributed by atoms with E-state index in [-0.39, 0.29) is 12.1 Å². The van der Waals surface area contributed by atoms with E-state index >= 15 is 0 Å². The van der Waals surface area contributed by atoms with Crippen LogP contribution in [0.2, 0.25) is 0 Å². The lowest BCUT2D eigenvalue weighted by Gasteiger charge is -2.33. The number of amides is 1. The smallest absolute Gasteiger partial charge is 0.408 e. The van der Waals surface area contributed by atoms with E-state index in [9.17, 15) is 4.79 Å². The van der Waals surface area contributed by atoms with Gasteiger partial charge in [0.05, 0.1) is 40.7 Å². The van der Waals surface area contributed by atoms with Gasteiger partial charge >= 0.3 is 6.09 Å². The maximum absolute atomic E-state index is 12.2. The predicted molar refractivity (Wildman–Crippen MR) is 122 cm³/mol. The predicted octanol–water partition coefficient (Wildman–Crippen LogP) is 3.25. The van der Waals surface area contributed by atoms with Gasteiger partial charge in [0.25, 0.3) is 0 Å². The summed E-state index contributed by atoms with van der Waals surface area (Å²) in [4.78, 5) is 30.5. The lowest BCUT2D eigenvalue weighted by Crippen LogP contribution is -2.53. The third-order valence-corrected chi connectivity index (χ3v) is 5.81. The zero-order valence-electron chi connectivity index (χ0n) is 18.2. The van der Waals surface area contributed by atoms with E-state index in [4.69, 9.17) is 14.5 Å². The summed E-state index contributed by atoms with van der Waals surface area (Å²) in [6, 6.07) is -0.328. The molecule has 2 aromatic rings. The van der Waals surface area contributed by atoms with E-state index in [0.29, 0.717) is 37.3 Å². The molecule has 4 rings (SSSR count). The van der Waals surface area contributed by atoms with Crippen molar-refractivity contribution in [2.45, 2.75) is 51.8 Å². The van der Waals surface area contributed by atoms with Gasteiger partial charge in [-0.15, -0.1) is 11.3 Å². The van der Waals surface area contributed by atoms with E-state index in [0.717, 1.165) is 22.3 Å². The van der Waals surface area contributed by atoms with Gasteiger partial charge in [0.1, 0.15) is 5.60 Å². The first-order chi connectivity index (χ1) is 14.8. The van der Waals surface area contributed by atoms with Crippen LogP contribution < -0.4 is 10.6 Å². The van der Waals surface area contributed by atoms with E-state index in [2.05, 4.69) is 32.5 Å². The van der Waals surface area contributed by atoms with Crippen LogP contribution in [-0.4, -0.2) is 65.6 Å². The van der Waals surface area contributed by atoms with Gasteiger partial charge in [-0.1, -0.05) is 6.92 Å². The van der Waals surface area contributed by atoms with Gasteiger partial charge in [-0.3, -0.25) is 4.99 Å². The van der Waals surface area contributed by atoms with Crippen molar-refractivity contribution in [3.05, 3.63) is 17.1 Å². The molecule has 9 nitrogen and oxygen atoms in total. The summed E-state index contributed by atoms with van der Waals surface area (Å²) in [6.45, 7) is 9.32. The molecular formula is C21H28N6O3S. The van der Waals surface area contributed by atoms with Crippen LogP contribution in [0.5, 0.6) is 0 Å². The second-order valence-corrected chi connectivity index (χ2v) is 9.75. The van der Waals surface area contributed by atoms with Crippen LogP contribution in [0.1, 0.15) is 39.7 Å². The molecule has 3 atom stereocenters. The molecule has 10 heteroatoms. The molecule has 0 aromatic carbocycles. The van der Waals surface area contributed by atoms with Crippen molar-refractivity contribution in [2.75, 3.05) is 25.1 Å². The summed E-state index contributed by atoms with van der Waals surface area (Å²) < 4.78 is 11.9. The van der Waals surface area contributed by atoms with Gasteiger partial charge in [-0.25, -0.2) is 19.8 Å². The van der Waals surface area contributed by atoms with Crippen LogP contribution >= 0.6 is 11.3 Å². The number of aromatic nitrogens is 2. The number of fused-ring (bicyclic) bond motifs is 1. The second kappa shape index (κ2) is 8.88. The summed E-state index contributed by atoms with van der Waals surface area (Å²) in [6.07, 6.45) is 3.99. The van der Waals surface area contributed by atoms with Crippen molar-refractivity contribution in [3.8, 4) is 0 Å². The van der Waals surface area contributed by atoms with Crippen molar-refractivity contribution in [2.24, 2.45) is 15.9 Å². The molecule has 0 radical (unpaired) electrons. The number of alkyl carbamates (subject to hydrolysis) is 1. The third kappa shape index (κ3) is 5.37. The largest absolute Gasteiger partial charge is 0.444 e. The van der Waals surface area contributed by atoms with Gasteiger partial charge in [-0.2, -0.15) is 0 Å². The van der Waals surface area contributed by atoms with Crippen LogP contribution in [-0.2, 0) is 9.47 Å². The Morgan fingerprint density at radius 2 is 2.16 bits per heavy atom. The van der Waals surface area contributed by atoms with E-state index in [1.807, 2.05) is 38.6 Å². The molecule has 0 bridgehead atoms. The quantitative estimate of drug-likeness (QED) is 0.749. The zero-order valence-corrected chi connectivity index (χ0v) is 19.0. The standard InChI is InChI=1S/C21H28N6O3S/c1-12-7-22-18(23-8-12)13-11-31-16-9-24-19(27-17(13)16)25-14-5-6-29-10-15(14)26-20(28)30-21(2,3)4/h7,9,11-12,14-15H,5-6,8,10H2,1-4H3,(H,26,28)(H,24,25,27)/t12?,14-,15+/m1/s1. The van der Waals surface area contributed by atoms with Crippen molar-refractivity contribution in [3.63, 3.8) is 0 Å². The number of carbonyl (C=O) groups excluding carboxylic acids is 1. The Morgan fingerprint density at radius 1 is 1.32 bits per heavy atom. The fraction of sp³-hybridized carbons (Fsp3) is 0.571. The van der Waals surface area contributed by atoms with Crippen LogP contribution in [0.4, 0.5) is 10.7 Å². The van der Waals surface area contributed by atoms with Gasteiger partial charge < -0.3 is 20.1 Å². The van der Waals surface area contributed by atoms with Gasteiger partial charge in [0.2, 0.25) is 5.95 Å². The lowest BCUT2D eigenvalue weighted by atomic mass is 10.0. The minimum Gasteiger partial charge on any atom is -0.444 e. The van der Waals surface area contributed by atoms with Gasteiger partial charge in [0, 0.05) is 30.7 Å². The number of thiophene rings is 1. The Kier molecular flexibility index (Phi) is 6.19. The first-order valence-corrected chi connectivity index (χ1v) is 11.3. The van der Waals surface area contributed by atoms with E-state index < -0.39 is 11.7 Å². The summed E-state index contributed by atoms with van der Waals surface area (Å²) in [7, 11) is 0. The van der Waals surface area contributed by atoms with Crippen LogP contribution in [0.15, 0.2) is 21.6 Å². The maximum atomic E-state index is 12.2. The number of hydrogen-bond donors (Lipinski definition) is 2. The number of hydrogen-bond acceptors (Lipinski definition) is 9. The third-order valence-electron chi connectivity index (χ3n) is 4.91. The zero-order chi connectivity index (χ0) is 22.0. The van der Waals surface area contributed by atoms with Crippen LogP contribution in [0, 0.1) is 5.92 Å². The van der Waals surface area contributed by atoms with Crippen molar-refractivity contribution in [1.82, 2.24) is 15.3 Å². The topological polar surface area (TPSA) is 110 Å². The maximum Gasteiger partial charge on any atom is 0.408 e. The molecule has 0 spiro atoms. The summed E-state index contributed by atoms with van der Waals surface area (Å²) in [5.74, 6) is 1.57. The molecule has 0 aliphatic carbocycles. The highest BCUT2D eigenvalue weighted by atomic mass is 32.1. The minimum absolute atomic E-state index is 0.0771. The number of aliphatic imine (C=N–C) groups is 2. The fourth-order valence-electron chi connectivity index (χ4n) is 3.41. The Bertz CT molecular complexity index is 1010. The molecule has 2 aliphatic rings. The van der Waals surface area contributed by atoms with Crippen LogP contribution in [0.25, 0.3) is 10.2 Å². The Balaban J connectivity index is 1.51. The molecule has 1 unspecified atom stereocenters. The Morgan fingerprint density at radius 3 is 2.90 bits per heavy atom. The highest BCUT2D eigenvalue weighted by Crippen LogP contribution is 2.27. The molecule has 2 N–H and O–H groups in total. The first kappa shape index (κ1) is 21.6. The summed E-state index contributed by atoms with van der Waals surface area (Å²) in [5.41, 5.74) is 1.19. The number of nitrogens with zero attached hydrogens (tertiary/aromatic N) is 4. The van der Waals surface area contributed by atoms with Crippen LogP contribution in [0.3, 0.4) is 0 Å².